The molecule has 1 fully saturated rings. The van der Waals surface area contributed by atoms with Crippen LogP contribution in [-0.4, -0.2) is 21.9 Å². The molecule has 2 aromatic rings. The zero-order valence-corrected chi connectivity index (χ0v) is 10.7. The number of benzene rings is 1. The van der Waals surface area contributed by atoms with Crippen LogP contribution in [0.2, 0.25) is 0 Å². The van der Waals surface area contributed by atoms with E-state index in [4.69, 9.17) is 0 Å². The second-order valence-corrected chi connectivity index (χ2v) is 5.58. The molecule has 4 nitrogen and oxygen atoms in total. The lowest BCUT2D eigenvalue weighted by atomic mass is 10.2. The van der Waals surface area contributed by atoms with Crippen molar-refractivity contribution in [2.45, 2.75) is 5.37 Å². The molecular weight excluding hydrogens is 273 g/mol. The van der Waals surface area contributed by atoms with Gasteiger partial charge in [-0.15, -0.1) is 22.0 Å². The minimum atomic E-state index is -0.301. The van der Waals surface area contributed by atoms with Crippen molar-refractivity contribution < 1.29 is 9.18 Å². The van der Waals surface area contributed by atoms with E-state index in [1.54, 1.807) is 16.5 Å². The van der Waals surface area contributed by atoms with Crippen LogP contribution in [0.25, 0.3) is 0 Å². The first-order valence-corrected chi connectivity index (χ1v) is 7.14. The van der Waals surface area contributed by atoms with Gasteiger partial charge in [-0.1, -0.05) is 23.5 Å². The van der Waals surface area contributed by atoms with Crippen molar-refractivity contribution in [2.24, 2.45) is 0 Å². The minimum Gasteiger partial charge on any atom is -0.273 e. The molecule has 3 rings (SSSR count). The lowest BCUT2D eigenvalue weighted by Gasteiger charge is -2.20. The molecule has 0 unspecified atom stereocenters. The van der Waals surface area contributed by atoms with Crippen molar-refractivity contribution in [1.82, 2.24) is 10.2 Å². The molecule has 0 saturated carbocycles. The van der Waals surface area contributed by atoms with Crippen molar-refractivity contribution in [3.05, 3.63) is 41.2 Å². The average molecular weight is 281 g/mol. The fourth-order valence-corrected chi connectivity index (χ4v) is 3.63. The van der Waals surface area contributed by atoms with Gasteiger partial charge in [0.1, 0.15) is 16.7 Å². The Labute approximate surface area is 111 Å². The maximum Gasteiger partial charge on any atom is 0.240 e. The maximum atomic E-state index is 13.2. The number of hydrogen-bond acceptors (Lipinski definition) is 5. The highest BCUT2D eigenvalue weighted by Gasteiger charge is 2.35. The molecule has 1 aliphatic rings. The molecule has 0 N–H and O–H groups in total. The SMILES string of the molecule is O=C1CS[C@H](c2cccc(F)c2)N1c1nncs1. The topological polar surface area (TPSA) is 46.1 Å². The largest absolute Gasteiger partial charge is 0.273 e. The number of carbonyl (C=O) groups excluding carboxylic acids is 1. The third-order valence-corrected chi connectivity index (χ3v) is 4.46. The molecule has 0 spiro atoms. The van der Waals surface area contributed by atoms with Crippen molar-refractivity contribution in [2.75, 3.05) is 10.7 Å². The zero-order chi connectivity index (χ0) is 12.5. The van der Waals surface area contributed by atoms with Gasteiger partial charge in [-0.2, -0.15) is 0 Å². The molecule has 1 aromatic carbocycles. The highest BCUT2D eigenvalue weighted by atomic mass is 32.2. The van der Waals surface area contributed by atoms with Gasteiger partial charge in [0.25, 0.3) is 0 Å². The van der Waals surface area contributed by atoms with E-state index in [0.717, 1.165) is 5.56 Å². The summed E-state index contributed by atoms with van der Waals surface area (Å²) in [6, 6.07) is 6.30. The van der Waals surface area contributed by atoms with E-state index >= 15 is 0 Å². The van der Waals surface area contributed by atoms with Gasteiger partial charge < -0.3 is 0 Å². The fourth-order valence-electron chi connectivity index (χ4n) is 1.81. The summed E-state index contributed by atoms with van der Waals surface area (Å²) >= 11 is 2.77. The van der Waals surface area contributed by atoms with E-state index in [1.807, 2.05) is 6.07 Å². The van der Waals surface area contributed by atoms with E-state index in [1.165, 1.54) is 35.2 Å². The summed E-state index contributed by atoms with van der Waals surface area (Å²) in [4.78, 5) is 13.5. The first-order valence-electron chi connectivity index (χ1n) is 5.21. The van der Waals surface area contributed by atoms with Gasteiger partial charge in [0.2, 0.25) is 11.0 Å². The molecular formula is C11H8FN3OS2. The highest BCUT2D eigenvalue weighted by Crippen LogP contribution is 2.42. The second kappa shape index (κ2) is 4.66. The van der Waals surface area contributed by atoms with E-state index in [2.05, 4.69) is 10.2 Å². The molecule has 18 heavy (non-hydrogen) atoms. The average Bonchev–Trinajstić information content (AvgIpc) is 2.97. The molecule has 2 heterocycles. The number of nitrogens with zero attached hydrogens (tertiary/aromatic N) is 3. The van der Waals surface area contributed by atoms with Crippen molar-refractivity contribution in [3.63, 3.8) is 0 Å². The van der Waals surface area contributed by atoms with E-state index in [0.29, 0.717) is 10.9 Å². The smallest absolute Gasteiger partial charge is 0.240 e. The molecule has 0 radical (unpaired) electrons. The van der Waals surface area contributed by atoms with Gasteiger partial charge in [0.15, 0.2) is 0 Å². The van der Waals surface area contributed by atoms with Gasteiger partial charge in [-0.3, -0.25) is 9.69 Å². The molecule has 1 amide bonds. The molecule has 92 valence electrons. The van der Waals surface area contributed by atoms with Gasteiger partial charge in [0, 0.05) is 0 Å². The number of halogens is 1. The van der Waals surface area contributed by atoms with Crippen LogP contribution in [-0.2, 0) is 4.79 Å². The summed E-state index contributed by atoms with van der Waals surface area (Å²) in [6.07, 6.45) is 0. The Kier molecular flexibility index (Phi) is 3.00. The van der Waals surface area contributed by atoms with Crippen LogP contribution in [0, 0.1) is 5.82 Å². The van der Waals surface area contributed by atoms with E-state index in [-0.39, 0.29) is 17.1 Å². The Morgan fingerprint density at radius 1 is 1.44 bits per heavy atom. The monoisotopic (exact) mass is 281 g/mol. The number of thioether (sulfide) groups is 1. The van der Waals surface area contributed by atoms with Gasteiger partial charge >= 0.3 is 0 Å². The number of amides is 1. The Bertz CT molecular complexity index is 575. The molecule has 0 aliphatic carbocycles. The standard InChI is InChI=1S/C11H8FN3OS2/c12-8-3-1-2-7(4-8)10-15(9(16)5-17-10)11-14-13-6-18-11/h1-4,6,10H,5H2/t10-/m1/s1. The van der Waals surface area contributed by atoms with Gasteiger partial charge in [-0.25, -0.2) is 4.39 Å². The van der Waals surface area contributed by atoms with Crippen LogP contribution in [0.4, 0.5) is 9.52 Å². The summed E-state index contributed by atoms with van der Waals surface area (Å²) in [7, 11) is 0. The number of carbonyl (C=O) groups is 1. The third-order valence-electron chi connectivity index (χ3n) is 2.56. The first kappa shape index (κ1) is 11.6. The van der Waals surface area contributed by atoms with Crippen molar-refractivity contribution in [1.29, 1.82) is 0 Å². The quantitative estimate of drug-likeness (QED) is 0.848. The molecule has 0 bridgehead atoms. The fraction of sp³-hybridized carbons (Fsp3) is 0.182. The number of aromatic nitrogens is 2. The maximum absolute atomic E-state index is 13.2. The lowest BCUT2D eigenvalue weighted by Crippen LogP contribution is -2.27. The predicted molar refractivity (Wildman–Crippen MR) is 69.0 cm³/mol. The summed E-state index contributed by atoms with van der Waals surface area (Å²) in [5, 5.41) is 7.99. The third kappa shape index (κ3) is 1.99. The first-order chi connectivity index (χ1) is 8.75. The summed E-state index contributed by atoms with van der Waals surface area (Å²) < 4.78 is 13.2. The van der Waals surface area contributed by atoms with Crippen LogP contribution in [0.15, 0.2) is 29.8 Å². The number of hydrogen-bond donors (Lipinski definition) is 0. The predicted octanol–water partition coefficient (Wildman–Crippen LogP) is 2.46. The Balaban J connectivity index is 1.99. The Morgan fingerprint density at radius 3 is 3.06 bits per heavy atom. The summed E-state index contributed by atoms with van der Waals surface area (Å²) in [6.45, 7) is 0. The zero-order valence-electron chi connectivity index (χ0n) is 9.12. The molecule has 1 saturated heterocycles. The van der Waals surface area contributed by atoms with Crippen LogP contribution >= 0.6 is 23.1 Å². The van der Waals surface area contributed by atoms with E-state index in [9.17, 15) is 9.18 Å². The van der Waals surface area contributed by atoms with Crippen molar-refractivity contribution in [3.8, 4) is 0 Å². The lowest BCUT2D eigenvalue weighted by molar-refractivity contribution is -0.115. The summed E-state index contributed by atoms with van der Waals surface area (Å²) in [5.74, 6) is 0.0523. The molecule has 1 aromatic heterocycles. The van der Waals surface area contributed by atoms with Crippen LogP contribution < -0.4 is 4.90 Å². The number of rotatable bonds is 2. The Hall–Kier alpha value is -1.47. The molecule has 1 aliphatic heterocycles. The minimum absolute atomic E-state index is 0.0222. The normalized spacial score (nSPS) is 19.5. The van der Waals surface area contributed by atoms with Crippen LogP contribution in [0.1, 0.15) is 10.9 Å². The number of anilines is 1. The van der Waals surface area contributed by atoms with Gasteiger partial charge in [0.05, 0.1) is 5.75 Å². The molecule has 1 atom stereocenters. The highest BCUT2D eigenvalue weighted by molar-refractivity contribution is 8.00. The second-order valence-electron chi connectivity index (χ2n) is 3.70. The van der Waals surface area contributed by atoms with Crippen LogP contribution in [0.3, 0.4) is 0 Å². The summed E-state index contributed by atoms with van der Waals surface area (Å²) in [5.41, 5.74) is 2.34. The Morgan fingerprint density at radius 2 is 2.33 bits per heavy atom. The van der Waals surface area contributed by atoms with Crippen molar-refractivity contribution >= 4 is 34.1 Å². The van der Waals surface area contributed by atoms with E-state index < -0.39 is 0 Å². The van der Waals surface area contributed by atoms with Gasteiger partial charge in [-0.05, 0) is 17.7 Å². The van der Waals surface area contributed by atoms with Crippen LogP contribution in [0.5, 0.6) is 0 Å². The molecule has 7 heteroatoms.